The lowest BCUT2D eigenvalue weighted by atomic mass is 10.2. The van der Waals surface area contributed by atoms with E-state index < -0.39 is 0 Å². The van der Waals surface area contributed by atoms with E-state index in [2.05, 4.69) is 42.9 Å². The van der Waals surface area contributed by atoms with Gasteiger partial charge in [-0.1, -0.05) is 6.07 Å². The lowest BCUT2D eigenvalue weighted by molar-refractivity contribution is 0.574. The summed E-state index contributed by atoms with van der Waals surface area (Å²) in [6.45, 7) is 0. The molecule has 6 heteroatoms. The molecule has 5 nitrogen and oxygen atoms in total. The molecule has 0 unspecified atom stereocenters. The van der Waals surface area contributed by atoms with Crippen molar-refractivity contribution in [1.29, 1.82) is 0 Å². The molecule has 19 heavy (non-hydrogen) atoms. The smallest absolute Gasteiger partial charge is 0.225 e. The first-order valence-electron chi connectivity index (χ1n) is 5.55. The molecule has 0 amide bonds. The lowest BCUT2D eigenvalue weighted by Gasteiger charge is -2.07. The first-order valence-corrected chi connectivity index (χ1v) is 6.63. The van der Waals surface area contributed by atoms with Crippen molar-refractivity contribution in [1.82, 2.24) is 15.0 Å². The first kappa shape index (κ1) is 12.1. The van der Waals surface area contributed by atoms with Crippen LogP contribution in [0.15, 0.2) is 53.7 Å². The Bertz CT molecular complexity index is 685. The average molecular weight is 364 g/mol. The topological polar surface area (TPSA) is 63.8 Å². The van der Waals surface area contributed by atoms with E-state index >= 15 is 0 Å². The van der Waals surface area contributed by atoms with Crippen molar-refractivity contribution < 1.29 is 4.42 Å². The minimum Gasteiger partial charge on any atom is -0.445 e. The maximum absolute atomic E-state index is 5.28. The van der Waals surface area contributed by atoms with Crippen molar-refractivity contribution in [3.63, 3.8) is 0 Å². The van der Waals surface area contributed by atoms with E-state index in [9.17, 15) is 0 Å². The molecule has 0 atom stereocenters. The summed E-state index contributed by atoms with van der Waals surface area (Å²) >= 11 is 2.19. The normalized spacial score (nSPS) is 10.4. The summed E-state index contributed by atoms with van der Waals surface area (Å²) in [5, 5.41) is 3.25. The molecule has 0 saturated heterocycles. The standard InChI is InChI=1S/C13H9IN4O/c14-11-7-15-8-17-12(11)18-10-3-1-2-9(6-10)13-16-4-5-19-13/h1-8H,(H,15,17,18). The maximum Gasteiger partial charge on any atom is 0.225 e. The second-order valence-electron chi connectivity index (χ2n) is 3.76. The number of rotatable bonds is 3. The summed E-state index contributed by atoms with van der Waals surface area (Å²) in [6.07, 6.45) is 6.46. The van der Waals surface area contributed by atoms with E-state index in [1.54, 1.807) is 18.7 Å². The Morgan fingerprint density at radius 2 is 2.16 bits per heavy atom. The number of anilines is 2. The zero-order chi connectivity index (χ0) is 13.1. The Balaban J connectivity index is 1.90. The Morgan fingerprint density at radius 3 is 2.95 bits per heavy atom. The quantitative estimate of drug-likeness (QED) is 0.721. The molecule has 0 radical (unpaired) electrons. The molecule has 2 aromatic heterocycles. The number of halogens is 1. The van der Waals surface area contributed by atoms with Gasteiger partial charge in [-0.2, -0.15) is 0 Å². The summed E-state index contributed by atoms with van der Waals surface area (Å²) in [4.78, 5) is 12.3. The van der Waals surface area contributed by atoms with Crippen LogP contribution in [-0.4, -0.2) is 15.0 Å². The average Bonchev–Trinajstić information content (AvgIpc) is 2.96. The number of oxazole rings is 1. The van der Waals surface area contributed by atoms with E-state index in [1.807, 2.05) is 24.3 Å². The summed E-state index contributed by atoms with van der Waals surface area (Å²) in [5.41, 5.74) is 1.84. The van der Waals surface area contributed by atoms with Crippen LogP contribution in [0.2, 0.25) is 0 Å². The molecule has 0 aliphatic heterocycles. The third-order valence-corrected chi connectivity index (χ3v) is 3.26. The van der Waals surface area contributed by atoms with E-state index in [0.717, 1.165) is 20.6 Å². The fraction of sp³-hybridized carbons (Fsp3) is 0. The van der Waals surface area contributed by atoms with Crippen molar-refractivity contribution >= 4 is 34.1 Å². The minimum absolute atomic E-state index is 0.598. The van der Waals surface area contributed by atoms with Crippen molar-refractivity contribution in [3.05, 3.63) is 52.8 Å². The predicted octanol–water partition coefficient (Wildman–Crippen LogP) is 3.48. The van der Waals surface area contributed by atoms with Crippen molar-refractivity contribution in [3.8, 4) is 11.5 Å². The predicted molar refractivity (Wildman–Crippen MR) is 80.0 cm³/mol. The summed E-state index contributed by atoms with van der Waals surface area (Å²) in [6, 6.07) is 7.81. The molecule has 1 aromatic carbocycles. The van der Waals surface area contributed by atoms with Crippen molar-refractivity contribution in [2.24, 2.45) is 0 Å². The molecule has 0 spiro atoms. The molecule has 0 bridgehead atoms. The van der Waals surface area contributed by atoms with Crippen LogP contribution in [0, 0.1) is 3.57 Å². The SMILES string of the molecule is Ic1cncnc1Nc1cccc(-c2ncco2)c1. The van der Waals surface area contributed by atoms with Gasteiger partial charge in [0.05, 0.1) is 9.77 Å². The van der Waals surface area contributed by atoms with E-state index in [1.165, 1.54) is 6.33 Å². The zero-order valence-electron chi connectivity index (χ0n) is 9.75. The highest BCUT2D eigenvalue weighted by Crippen LogP contribution is 2.24. The molecular weight excluding hydrogens is 355 g/mol. The highest BCUT2D eigenvalue weighted by atomic mass is 127. The van der Waals surface area contributed by atoms with Gasteiger partial charge in [0.25, 0.3) is 0 Å². The highest BCUT2D eigenvalue weighted by Gasteiger charge is 2.05. The minimum atomic E-state index is 0.598. The van der Waals surface area contributed by atoms with Gasteiger partial charge in [0, 0.05) is 17.4 Å². The Labute approximate surface area is 123 Å². The molecule has 2 heterocycles. The second-order valence-corrected chi connectivity index (χ2v) is 4.92. The van der Waals surface area contributed by atoms with Crippen LogP contribution in [-0.2, 0) is 0 Å². The number of hydrogen-bond donors (Lipinski definition) is 1. The summed E-state index contributed by atoms with van der Waals surface area (Å²) < 4.78 is 6.24. The van der Waals surface area contributed by atoms with Crippen LogP contribution < -0.4 is 5.32 Å². The fourth-order valence-corrected chi connectivity index (χ4v) is 2.07. The molecule has 3 rings (SSSR count). The third-order valence-electron chi connectivity index (χ3n) is 2.47. The lowest BCUT2D eigenvalue weighted by Crippen LogP contribution is -1.96. The Hall–Kier alpha value is -1.96. The molecular formula is C13H9IN4O. The number of nitrogens with zero attached hydrogens (tertiary/aromatic N) is 3. The molecule has 94 valence electrons. The van der Waals surface area contributed by atoms with Gasteiger partial charge in [0.15, 0.2) is 0 Å². The highest BCUT2D eigenvalue weighted by molar-refractivity contribution is 14.1. The van der Waals surface area contributed by atoms with Crippen LogP contribution >= 0.6 is 22.6 Å². The van der Waals surface area contributed by atoms with Crippen LogP contribution in [0.25, 0.3) is 11.5 Å². The molecule has 0 aliphatic rings. The monoisotopic (exact) mass is 364 g/mol. The molecule has 0 fully saturated rings. The number of nitrogens with one attached hydrogen (secondary N) is 1. The van der Waals surface area contributed by atoms with E-state index in [4.69, 9.17) is 4.42 Å². The van der Waals surface area contributed by atoms with Gasteiger partial charge >= 0.3 is 0 Å². The molecule has 3 aromatic rings. The van der Waals surface area contributed by atoms with Crippen LogP contribution in [0.5, 0.6) is 0 Å². The van der Waals surface area contributed by atoms with Crippen molar-refractivity contribution in [2.75, 3.05) is 5.32 Å². The largest absolute Gasteiger partial charge is 0.445 e. The van der Waals surface area contributed by atoms with E-state index in [0.29, 0.717) is 5.89 Å². The summed E-state index contributed by atoms with van der Waals surface area (Å²) in [7, 11) is 0. The molecule has 1 N–H and O–H groups in total. The Kier molecular flexibility index (Phi) is 3.41. The fourth-order valence-electron chi connectivity index (χ4n) is 1.64. The third kappa shape index (κ3) is 2.73. The molecule has 0 saturated carbocycles. The van der Waals surface area contributed by atoms with Gasteiger partial charge in [-0.05, 0) is 40.8 Å². The zero-order valence-corrected chi connectivity index (χ0v) is 11.9. The van der Waals surface area contributed by atoms with Gasteiger partial charge in [0.1, 0.15) is 18.4 Å². The van der Waals surface area contributed by atoms with Crippen LogP contribution in [0.4, 0.5) is 11.5 Å². The van der Waals surface area contributed by atoms with Gasteiger partial charge in [-0.15, -0.1) is 0 Å². The van der Waals surface area contributed by atoms with Gasteiger partial charge in [0.2, 0.25) is 5.89 Å². The Morgan fingerprint density at radius 1 is 1.21 bits per heavy atom. The van der Waals surface area contributed by atoms with Gasteiger partial charge < -0.3 is 9.73 Å². The number of benzene rings is 1. The number of hydrogen-bond acceptors (Lipinski definition) is 5. The number of aromatic nitrogens is 3. The summed E-state index contributed by atoms with van der Waals surface area (Å²) in [5.74, 6) is 1.38. The second kappa shape index (κ2) is 5.35. The molecule has 0 aliphatic carbocycles. The maximum atomic E-state index is 5.28. The first-order chi connectivity index (χ1) is 9.33. The van der Waals surface area contributed by atoms with Gasteiger partial charge in [-0.3, -0.25) is 0 Å². The van der Waals surface area contributed by atoms with Crippen molar-refractivity contribution in [2.45, 2.75) is 0 Å². The van der Waals surface area contributed by atoms with Crippen LogP contribution in [0.1, 0.15) is 0 Å². The van der Waals surface area contributed by atoms with E-state index in [-0.39, 0.29) is 0 Å². The van der Waals surface area contributed by atoms with Gasteiger partial charge in [-0.25, -0.2) is 15.0 Å². The van der Waals surface area contributed by atoms with Crippen LogP contribution in [0.3, 0.4) is 0 Å².